The molecule has 17 heavy (non-hydrogen) atoms. The number of anilines is 1. The molecule has 0 aliphatic heterocycles. The summed E-state index contributed by atoms with van der Waals surface area (Å²) in [4.78, 5) is 26.1. The van der Waals surface area contributed by atoms with Gasteiger partial charge in [-0.05, 0) is 42.8 Å². The highest BCUT2D eigenvalue weighted by atomic mass is 79.9. The SMILES string of the molecule is CC(C)(C)OC(=O)Nc1cc(C=O)c(Br)cn1. The molecule has 0 spiro atoms. The number of nitrogens with one attached hydrogen (secondary N) is 1. The van der Waals surface area contributed by atoms with E-state index in [1.807, 2.05) is 0 Å². The zero-order valence-corrected chi connectivity index (χ0v) is 11.4. The average molecular weight is 301 g/mol. The summed E-state index contributed by atoms with van der Waals surface area (Å²) < 4.78 is 5.63. The summed E-state index contributed by atoms with van der Waals surface area (Å²) in [6.07, 6.45) is 1.51. The fraction of sp³-hybridized carbons (Fsp3) is 0.364. The Bertz CT molecular complexity index is 441. The van der Waals surface area contributed by atoms with Crippen molar-refractivity contribution in [1.29, 1.82) is 0 Å². The largest absolute Gasteiger partial charge is 0.444 e. The smallest absolute Gasteiger partial charge is 0.413 e. The number of aldehydes is 1. The first-order valence-corrected chi connectivity index (χ1v) is 5.72. The number of carbonyl (C=O) groups excluding carboxylic acids is 2. The van der Waals surface area contributed by atoms with Crippen LogP contribution in [0, 0.1) is 0 Å². The van der Waals surface area contributed by atoms with E-state index in [0.717, 1.165) is 0 Å². The maximum atomic E-state index is 11.4. The molecule has 0 atom stereocenters. The minimum atomic E-state index is -0.607. The van der Waals surface area contributed by atoms with Crippen LogP contribution in [0.25, 0.3) is 0 Å². The number of hydrogen-bond acceptors (Lipinski definition) is 4. The topological polar surface area (TPSA) is 68.3 Å². The van der Waals surface area contributed by atoms with Gasteiger partial charge in [-0.2, -0.15) is 0 Å². The van der Waals surface area contributed by atoms with Crippen molar-refractivity contribution in [2.24, 2.45) is 0 Å². The van der Waals surface area contributed by atoms with E-state index in [9.17, 15) is 9.59 Å². The van der Waals surface area contributed by atoms with Crippen molar-refractivity contribution in [2.45, 2.75) is 26.4 Å². The second-order valence-corrected chi connectivity index (χ2v) is 5.19. The van der Waals surface area contributed by atoms with Crippen molar-refractivity contribution in [3.63, 3.8) is 0 Å². The highest BCUT2D eigenvalue weighted by Crippen LogP contribution is 2.17. The van der Waals surface area contributed by atoms with Gasteiger partial charge in [0.15, 0.2) is 6.29 Å². The second-order valence-electron chi connectivity index (χ2n) is 4.34. The molecule has 0 saturated carbocycles. The molecule has 92 valence electrons. The van der Waals surface area contributed by atoms with Crippen molar-refractivity contribution in [2.75, 3.05) is 5.32 Å². The van der Waals surface area contributed by atoms with Gasteiger partial charge >= 0.3 is 6.09 Å². The average Bonchev–Trinajstić information content (AvgIpc) is 2.18. The zero-order chi connectivity index (χ0) is 13.1. The summed E-state index contributed by atoms with van der Waals surface area (Å²) in [5, 5.41) is 2.45. The first kappa shape index (κ1) is 13.6. The second kappa shape index (κ2) is 5.27. The summed E-state index contributed by atoms with van der Waals surface area (Å²) in [6, 6.07) is 1.46. The van der Waals surface area contributed by atoms with Crippen LogP contribution in [0.2, 0.25) is 0 Å². The lowest BCUT2D eigenvalue weighted by Gasteiger charge is -2.19. The minimum Gasteiger partial charge on any atom is -0.444 e. The van der Waals surface area contributed by atoms with Crippen LogP contribution in [0.3, 0.4) is 0 Å². The van der Waals surface area contributed by atoms with Crippen LogP contribution < -0.4 is 5.32 Å². The van der Waals surface area contributed by atoms with Gasteiger partial charge in [0.05, 0.1) is 0 Å². The van der Waals surface area contributed by atoms with E-state index in [1.165, 1.54) is 12.3 Å². The Hall–Kier alpha value is -1.43. The molecule has 6 heteroatoms. The molecule has 0 saturated heterocycles. The molecule has 0 bridgehead atoms. The van der Waals surface area contributed by atoms with E-state index in [0.29, 0.717) is 16.3 Å². The van der Waals surface area contributed by atoms with Crippen LogP contribution in [0.15, 0.2) is 16.7 Å². The molecule has 0 aromatic carbocycles. The summed E-state index contributed by atoms with van der Waals surface area (Å²) >= 11 is 3.17. The molecule has 0 fully saturated rings. The van der Waals surface area contributed by atoms with E-state index in [-0.39, 0.29) is 5.82 Å². The van der Waals surface area contributed by atoms with Crippen molar-refractivity contribution < 1.29 is 14.3 Å². The van der Waals surface area contributed by atoms with E-state index in [2.05, 4.69) is 26.2 Å². The van der Waals surface area contributed by atoms with Crippen molar-refractivity contribution in [1.82, 2.24) is 4.98 Å². The molecule has 0 radical (unpaired) electrons. The summed E-state index contributed by atoms with van der Waals surface area (Å²) in [5.41, 5.74) is -0.168. The van der Waals surface area contributed by atoms with Gasteiger partial charge in [0.25, 0.3) is 0 Å². The first-order valence-electron chi connectivity index (χ1n) is 4.92. The summed E-state index contributed by atoms with van der Waals surface area (Å²) in [5.74, 6) is 0.268. The Morgan fingerprint density at radius 3 is 2.71 bits per heavy atom. The number of hydrogen-bond donors (Lipinski definition) is 1. The molecule has 0 aliphatic rings. The predicted molar refractivity (Wildman–Crippen MR) is 67.2 cm³/mol. The first-order chi connectivity index (χ1) is 7.81. The number of rotatable bonds is 2. The van der Waals surface area contributed by atoms with E-state index >= 15 is 0 Å². The van der Waals surface area contributed by atoms with Gasteiger partial charge in [-0.3, -0.25) is 10.1 Å². The summed E-state index contributed by atoms with van der Waals surface area (Å²) in [6.45, 7) is 5.29. The number of amides is 1. The molecular weight excluding hydrogens is 288 g/mol. The molecule has 1 N–H and O–H groups in total. The van der Waals surface area contributed by atoms with E-state index in [4.69, 9.17) is 4.74 Å². The molecular formula is C11H13BrN2O3. The number of ether oxygens (including phenoxy) is 1. The Labute approximate surface area is 108 Å². The Morgan fingerprint density at radius 2 is 2.18 bits per heavy atom. The molecule has 5 nitrogen and oxygen atoms in total. The Kier molecular flexibility index (Phi) is 4.22. The zero-order valence-electron chi connectivity index (χ0n) is 9.78. The third-order valence-electron chi connectivity index (χ3n) is 1.64. The van der Waals surface area contributed by atoms with Crippen LogP contribution in [-0.4, -0.2) is 23.0 Å². The number of pyridine rings is 1. The van der Waals surface area contributed by atoms with Gasteiger partial charge in [0.2, 0.25) is 0 Å². The third-order valence-corrected chi connectivity index (χ3v) is 2.30. The van der Waals surface area contributed by atoms with Crippen LogP contribution in [0.4, 0.5) is 10.6 Å². The minimum absolute atomic E-state index is 0.268. The van der Waals surface area contributed by atoms with Gasteiger partial charge in [0, 0.05) is 16.2 Å². The fourth-order valence-corrected chi connectivity index (χ4v) is 1.33. The van der Waals surface area contributed by atoms with Gasteiger partial charge in [-0.25, -0.2) is 9.78 Å². The number of carbonyl (C=O) groups is 2. The lowest BCUT2D eigenvalue weighted by atomic mass is 10.2. The van der Waals surface area contributed by atoms with Crippen LogP contribution in [0.1, 0.15) is 31.1 Å². The maximum Gasteiger partial charge on any atom is 0.413 e. The maximum absolute atomic E-state index is 11.4. The molecule has 1 aromatic rings. The quantitative estimate of drug-likeness (QED) is 0.853. The lowest BCUT2D eigenvalue weighted by Crippen LogP contribution is -2.27. The van der Waals surface area contributed by atoms with Crippen molar-refractivity contribution in [3.8, 4) is 0 Å². The predicted octanol–water partition coefficient (Wildman–Crippen LogP) is 3.00. The Balaban J connectivity index is 2.75. The molecule has 1 heterocycles. The lowest BCUT2D eigenvalue weighted by molar-refractivity contribution is 0.0635. The Morgan fingerprint density at radius 1 is 1.53 bits per heavy atom. The van der Waals surface area contributed by atoms with Crippen LogP contribution in [-0.2, 0) is 4.74 Å². The van der Waals surface area contributed by atoms with Gasteiger partial charge in [0.1, 0.15) is 11.4 Å². The van der Waals surface area contributed by atoms with Gasteiger partial charge in [-0.15, -0.1) is 0 Å². The van der Waals surface area contributed by atoms with Crippen LogP contribution in [0.5, 0.6) is 0 Å². The standard InChI is InChI=1S/C11H13BrN2O3/c1-11(2,3)17-10(16)14-9-4-7(6-15)8(12)5-13-9/h4-6H,1-3H3,(H,13,14,16). The van der Waals surface area contributed by atoms with Gasteiger partial charge in [-0.1, -0.05) is 0 Å². The number of halogens is 1. The fourth-order valence-electron chi connectivity index (χ4n) is 1.02. The van der Waals surface area contributed by atoms with Gasteiger partial charge < -0.3 is 4.74 Å². The summed E-state index contributed by atoms with van der Waals surface area (Å²) in [7, 11) is 0. The normalized spacial score (nSPS) is 10.8. The molecule has 1 rings (SSSR count). The van der Waals surface area contributed by atoms with E-state index < -0.39 is 11.7 Å². The highest BCUT2D eigenvalue weighted by Gasteiger charge is 2.16. The van der Waals surface area contributed by atoms with E-state index in [1.54, 1.807) is 20.8 Å². The van der Waals surface area contributed by atoms with Crippen molar-refractivity contribution >= 4 is 34.1 Å². The monoisotopic (exact) mass is 300 g/mol. The molecule has 0 unspecified atom stereocenters. The number of aromatic nitrogens is 1. The molecule has 1 amide bonds. The number of nitrogens with zero attached hydrogens (tertiary/aromatic N) is 1. The highest BCUT2D eigenvalue weighted by molar-refractivity contribution is 9.10. The molecule has 1 aromatic heterocycles. The molecule has 0 aliphatic carbocycles. The third kappa shape index (κ3) is 4.52. The van der Waals surface area contributed by atoms with Crippen molar-refractivity contribution in [3.05, 3.63) is 22.3 Å². The van der Waals surface area contributed by atoms with Crippen LogP contribution >= 0.6 is 15.9 Å².